The van der Waals surface area contributed by atoms with Crippen LogP contribution in [-0.2, 0) is 0 Å². The molecular weight excluding hydrogens is 294 g/mol. The highest BCUT2D eigenvalue weighted by atomic mass is 15.2. The first-order valence-electron chi connectivity index (χ1n) is 8.92. The molecule has 2 heterocycles. The van der Waals surface area contributed by atoms with E-state index in [4.69, 9.17) is 5.26 Å². The highest BCUT2D eigenvalue weighted by molar-refractivity contribution is 5.47. The van der Waals surface area contributed by atoms with Gasteiger partial charge in [0.2, 0.25) is 0 Å². The molecule has 0 amide bonds. The molecule has 2 fully saturated rings. The topological polar surface area (TPSA) is 39.9 Å². The molecule has 3 nitrogen and oxygen atoms in total. The van der Waals surface area contributed by atoms with E-state index in [1.54, 1.807) is 0 Å². The van der Waals surface area contributed by atoms with Crippen molar-refractivity contribution < 1.29 is 0 Å². The maximum atomic E-state index is 8.99. The molecule has 1 aromatic heterocycles. The summed E-state index contributed by atoms with van der Waals surface area (Å²) in [6.45, 7) is 4.14. The molecule has 24 heavy (non-hydrogen) atoms. The molecule has 2 unspecified atom stereocenters. The summed E-state index contributed by atoms with van der Waals surface area (Å²) in [4.78, 5) is 6.90. The van der Waals surface area contributed by atoms with Crippen LogP contribution in [0.15, 0.2) is 42.5 Å². The molecule has 1 saturated heterocycles. The number of nitrogens with zero attached hydrogens (tertiary/aromatic N) is 3. The van der Waals surface area contributed by atoms with Gasteiger partial charge >= 0.3 is 0 Å². The fourth-order valence-electron chi connectivity index (χ4n) is 3.91. The summed E-state index contributed by atoms with van der Waals surface area (Å²) >= 11 is 0. The Morgan fingerprint density at radius 3 is 2.62 bits per heavy atom. The molecule has 0 bridgehead atoms. The van der Waals surface area contributed by atoms with Crippen molar-refractivity contribution in [1.82, 2.24) is 4.98 Å². The summed E-state index contributed by atoms with van der Waals surface area (Å²) < 4.78 is 0. The van der Waals surface area contributed by atoms with Gasteiger partial charge in [-0.2, -0.15) is 5.26 Å². The van der Waals surface area contributed by atoms with E-state index in [9.17, 15) is 0 Å². The van der Waals surface area contributed by atoms with Crippen molar-refractivity contribution in [2.45, 2.75) is 32.1 Å². The van der Waals surface area contributed by atoms with Gasteiger partial charge in [-0.3, -0.25) is 0 Å². The number of benzene rings is 1. The summed E-state index contributed by atoms with van der Waals surface area (Å²) in [5.41, 5.74) is 3.04. The van der Waals surface area contributed by atoms with E-state index in [0.29, 0.717) is 5.56 Å². The molecule has 3 heteroatoms. The van der Waals surface area contributed by atoms with Gasteiger partial charge in [-0.15, -0.1) is 0 Å². The van der Waals surface area contributed by atoms with Crippen LogP contribution in [-0.4, -0.2) is 18.1 Å². The van der Waals surface area contributed by atoms with E-state index in [2.05, 4.69) is 46.3 Å². The largest absolute Gasteiger partial charge is 0.356 e. The number of aromatic nitrogens is 1. The smallest absolute Gasteiger partial charge is 0.128 e. The van der Waals surface area contributed by atoms with Crippen LogP contribution in [0.3, 0.4) is 0 Å². The number of hydrogen-bond acceptors (Lipinski definition) is 3. The molecule has 122 valence electrons. The zero-order chi connectivity index (χ0) is 16.5. The van der Waals surface area contributed by atoms with E-state index in [-0.39, 0.29) is 0 Å². The predicted molar refractivity (Wildman–Crippen MR) is 95.9 cm³/mol. The highest BCUT2D eigenvalue weighted by Crippen LogP contribution is 2.50. The first-order chi connectivity index (χ1) is 11.7. The van der Waals surface area contributed by atoms with Gasteiger partial charge in [-0.1, -0.05) is 30.3 Å². The van der Waals surface area contributed by atoms with Crippen LogP contribution >= 0.6 is 0 Å². The van der Waals surface area contributed by atoms with Crippen molar-refractivity contribution in [3.05, 3.63) is 59.3 Å². The van der Waals surface area contributed by atoms with Crippen LogP contribution in [0.25, 0.3) is 0 Å². The number of anilines is 1. The summed E-state index contributed by atoms with van der Waals surface area (Å²) in [7, 11) is 0. The second kappa shape index (κ2) is 6.28. The second-order valence-electron chi connectivity index (χ2n) is 7.28. The molecule has 2 atom stereocenters. The third kappa shape index (κ3) is 3.01. The Morgan fingerprint density at radius 1 is 1.12 bits per heavy atom. The molecule has 0 spiro atoms. The Kier molecular flexibility index (Phi) is 3.98. The molecule has 0 N–H and O–H groups in total. The third-order valence-electron chi connectivity index (χ3n) is 5.57. The zero-order valence-electron chi connectivity index (χ0n) is 14.2. The van der Waals surface area contributed by atoms with Gasteiger partial charge in [-0.25, -0.2) is 4.98 Å². The van der Waals surface area contributed by atoms with Crippen molar-refractivity contribution in [2.24, 2.45) is 11.8 Å². The molecule has 1 aromatic carbocycles. The van der Waals surface area contributed by atoms with E-state index < -0.39 is 0 Å². The average molecular weight is 317 g/mol. The lowest BCUT2D eigenvalue weighted by molar-refractivity contribution is 0.363. The van der Waals surface area contributed by atoms with Crippen molar-refractivity contribution in [3.63, 3.8) is 0 Å². The minimum Gasteiger partial charge on any atom is -0.356 e. The average Bonchev–Trinajstić information content (AvgIpc) is 3.34. The van der Waals surface area contributed by atoms with Gasteiger partial charge in [0, 0.05) is 13.1 Å². The van der Waals surface area contributed by atoms with Crippen LogP contribution in [0.5, 0.6) is 0 Å². The fourth-order valence-corrected chi connectivity index (χ4v) is 3.91. The third-order valence-corrected chi connectivity index (χ3v) is 5.57. The molecule has 1 saturated carbocycles. The quantitative estimate of drug-likeness (QED) is 0.826. The summed E-state index contributed by atoms with van der Waals surface area (Å²) in [6, 6.07) is 17.0. The molecule has 2 aromatic rings. The first-order valence-corrected chi connectivity index (χ1v) is 8.92. The summed E-state index contributed by atoms with van der Waals surface area (Å²) in [5.74, 6) is 3.54. The van der Waals surface area contributed by atoms with Gasteiger partial charge in [0.05, 0.1) is 11.3 Å². The molecule has 0 radical (unpaired) electrons. The van der Waals surface area contributed by atoms with Crippen molar-refractivity contribution in [3.8, 4) is 6.07 Å². The Balaban J connectivity index is 1.23. The van der Waals surface area contributed by atoms with E-state index in [1.807, 2.05) is 19.1 Å². The summed E-state index contributed by atoms with van der Waals surface area (Å²) in [6.07, 6.45) is 4.06. The normalized spacial score (nSPS) is 22.8. The molecule has 4 rings (SSSR count). The number of pyridine rings is 1. The fraction of sp³-hybridized carbons (Fsp3) is 0.429. The number of hydrogen-bond donors (Lipinski definition) is 0. The van der Waals surface area contributed by atoms with Crippen LogP contribution in [0.2, 0.25) is 0 Å². The highest BCUT2D eigenvalue weighted by Gasteiger charge is 2.39. The number of nitriles is 1. The Hall–Kier alpha value is -2.34. The molecule has 2 aliphatic rings. The van der Waals surface area contributed by atoms with Crippen molar-refractivity contribution in [2.75, 3.05) is 18.0 Å². The lowest BCUT2D eigenvalue weighted by Crippen LogP contribution is -2.47. The minimum absolute atomic E-state index is 0.677. The monoisotopic (exact) mass is 317 g/mol. The predicted octanol–water partition coefficient (Wildman–Crippen LogP) is 4.28. The van der Waals surface area contributed by atoms with Crippen LogP contribution in [0.4, 0.5) is 5.82 Å². The Bertz CT molecular complexity index is 756. The summed E-state index contributed by atoms with van der Waals surface area (Å²) in [5, 5.41) is 8.99. The van der Waals surface area contributed by atoms with Gasteiger partial charge in [-0.05, 0) is 61.6 Å². The van der Waals surface area contributed by atoms with Gasteiger partial charge in [0.15, 0.2) is 0 Å². The SMILES string of the molecule is Cc1nc(N2CC(CCC3CC3c3ccccc3)C2)ccc1C#N. The van der Waals surface area contributed by atoms with Crippen LogP contribution in [0.1, 0.15) is 42.0 Å². The maximum Gasteiger partial charge on any atom is 0.128 e. The number of aryl methyl sites for hydroxylation is 1. The standard InChI is InChI=1S/C21H23N3/c1-15-19(12-22)9-10-21(23-15)24-13-16(14-24)7-8-18-11-20(18)17-5-3-2-4-6-17/h2-6,9-10,16,18,20H,7-8,11,13-14H2,1H3. The van der Waals surface area contributed by atoms with Gasteiger partial charge in [0.25, 0.3) is 0 Å². The van der Waals surface area contributed by atoms with Crippen molar-refractivity contribution >= 4 is 5.82 Å². The Morgan fingerprint density at radius 2 is 1.92 bits per heavy atom. The van der Waals surface area contributed by atoms with E-state index in [0.717, 1.165) is 42.4 Å². The lowest BCUT2D eigenvalue weighted by atomic mass is 9.92. The van der Waals surface area contributed by atoms with Crippen LogP contribution in [0, 0.1) is 30.1 Å². The zero-order valence-corrected chi connectivity index (χ0v) is 14.2. The van der Waals surface area contributed by atoms with E-state index in [1.165, 1.54) is 24.8 Å². The molecule has 1 aliphatic heterocycles. The Labute approximate surface area is 143 Å². The second-order valence-corrected chi connectivity index (χ2v) is 7.28. The molecular formula is C21H23N3. The first kappa shape index (κ1) is 15.2. The van der Waals surface area contributed by atoms with E-state index >= 15 is 0 Å². The van der Waals surface area contributed by atoms with Crippen LogP contribution < -0.4 is 4.90 Å². The van der Waals surface area contributed by atoms with Gasteiger partial charge < -0.3 is 4.90 Å². The maximum absolute atomic E-state index is 8.99. The number of rotatable bonds is 5. The van der Waals surface area contributed by atoms with Gasteiger partial charge in [0.1, 0.15) is 11.9 Å². The lowest BCUT2D eigenvalue weighted by Gasteiger charge is -2.40. The minimum atomic E-state index is 0.677. The van der Waals surface area contributed by atoms with Crippen molar-refractivity contribution in [1.29, 1.82) is 5.26 Å². The molecule has 1 aliphatic carbocycles.